The number of carboxylic acids is 1. The maximum Gasteiger partial charge on any atom is 0.322 e. The standard InChI is InChI=1S/C12H16N2O4/c13-10(11(14)12(15)16)7-2-3-8-9(6-7)18-5-1-4-17-8/h2-3,6,10-11H,1,4-5,13-14H2,(H,15,16). The highest BCUT2D eigenvalue weighted by molar-refractivity contribution is 5.74. The number of nitrogens with two attached hydrogens (primary N) is 2. The van der Waals surface area contributed by atoms with E-state index in [4.69, 9.17) is 26.0 Å². The van der Waals surface area contributed by atoms with Gasteiger partial charge in [-0.1, -0.05) is 6.07 Å². The third-order valence-electron chi connectivity index (χ3n) is 2.83. The molecule has 18 heavy (non-hydrogen) atoms. The summed E-state index contributed by atoms with van der Waals surface area (Å²) in [5.74, 6) is 0.0972. The number of aliphatic carboxylic acids is 1. The van der Waals surface area contributed by atoms with Crippen LogP contribution in [0.15, 0.2) is 18.2 Å². The largest absolute Gasteiger partial charge is 0.490 e. The van der Waals surface area contributed by atoms with Crippen LogP contribution in [-0.2, 0) is 4.79 Å². The Morgan fingerprint density at radius 2 is 1.89 bits per heavy atom. The fourth-order valence-corrected chi connectivity index (χ4v) is 1.75. The summed E-state index contributed by atoms with van der Waals surface area (Å²) >= 11 is 0. The lowest BCUT2D eigenvalue weighted by atomic mass is 10.0. The van der Waals surface area contributed by atoms with Crippen LogP contribution < -0.4 is 20.9 Å². The highest BCUT2D eigenvalue weighted by atomic mass is 16.5. The van der Waals surface area contributed by atoms with Gasteiger partial charge >= 0.3 is 5.97 Å². The summed E-state index contributed by atoms with van der Waals surface area (Å²) in [6, 6.07) is 3.20. The number of rotatable bonds is 3. The number of hydrogen-bond acceptors (Lipinski definition) is 5. The maximum absolute atomic E-state index is 10.8. The maximum atomic E-state index is 10.8. The average Bonchev–Trinajstić information content (AvgIpc) is 2.60. The molecule has 0 saturated carbocycles. The van der Waals surface area contributed by atoms with E-state index in [-0.39, 0.29) is 0 Å². The van der Waals surface area contributed by atoms with E-state index in [0.29, 0.717) is 30.3 Å². The fourth-order valence-electron chi connectivity index (χ4n) is 1.75. The lowest BCUT2D eigenvalue weighted by molar-refractivity contribution is -0.139. The number of carboxylic acid groups (broad SMARTS) is 1. The van der Waals surface area contributed by atoms with Gasteiger partial charge < -0.3 is 26.0 Å². The molecule has 1 heterocycles. The van der Waals surface area contributed by atoms with E-state index in [0.717, 1.165) is 6.42 Å². The molecule has 0 spiro atoms. The molecule has 1 aliphatic rings. The van der Waals surface area contributed by atoms with Gasteiger partial charge in [-0.15, -0.1) is 0 Å². The summed E-state index contributed by atoms with van der Waals surface area (Å²) in [5, 5.41) is 8.84. The topological polar surface area (TPSA) is 108 Å². The van der Waals surface area contributed by atoms with Crippen molar-refractivity contribution in [1.82, 2.24) is 0 Å². The summed E-state index contributed by atoms with van der Waals surface area (Å²) < 4.78 is 11.0. The average molecular weight is 252 g/mol. The molecule has 0 radical (unpaired) electrons. The van der Waals surface area contributed by atoms with Crippen LogP contribution in [0, 0.1) is 0 Å². The minimum absolute atomic E-state index is 0.566. The SMILES string of the molecule is NC(C(=O)O)C(N)c1ccc2c(c1)OCCCO2. The lowest BCUT2D eigenvalue weighted by Crippen LogP contribution is -2.40. The van der Waals surface area contributed by atoms with Crippen LogP contribution in [0.1, 0.15) is 18.0 Å². The fraction of sp³-hybridized carbons (Fsp3) is 0.417. The highest BCUT2D eigenvalue weighted by Gasteiger charge is 2.23. The molecule has 0 fully saturated rings. The van der Waals surface area contributed by atoms with Crippen molar-refractivity contribution in [3.05, 3.63) is 23.8 Å². The normalized spacial score (nSPS) is 17.7. The van der Waals surface area contributed by atoms with E-state index in [9.17, 15) is 4.79 Å². The first-order chi connectivity index (χ1) is 8.59. The van der Waals surface area contributed by atoms with E-state index in [1.54, 1.807) is 18.2 Å². The molecule has 0 aromatic heterocycles. The first-order valence-electron chi connectivity index (χ1n) is 5.73. The smallest absolute Gasteiger partial charge is 0.322 e. The van der Waals surface area contributed by atoms with E-state index < -0.39 is 18.1 Å². The number of fused-ring (bicyclic) bond motifs is 1. The number of ether oxygens (including phenoxy) is 2. The van der Waals surface area contributed by atoms with Gasteiger partial charge in [0.15, 0.2) is 11.5 Å². The molecule has 1 aromatic carbocycles. The molecule has 1 aromatic rings. The molecule has 0 aliphatic carbocycles. The number of hydrogen-bond donors (Lipinski definition) is 3. The Labute approximate surface area is 104 Å². The molecule has 98 valence electrons. The molecule has 2 atom stereocenters. The molecular weight excluding hydrogens is 236 g/mol. The third-order valence-corrected chi connectivity index (χ3v) is 2.83. The van der Waals surface area contributed by atoms with Gasteiger partial charge in [-0.25, -0.2) is 0 Å². The van der Waals surface area contributed by atoms with Crippen LogP contribution in [0.2, 0.25) is 0 Å². The Balaban J connectivity index is 2.25. The zero-order chi connectivity index (χ0) is 13.1. The zero-order valence-corrected chi connectivity index (χ0v) is 9.83. The second kappa shape index (κ2) is 5.24. The van der Waals surface area contributed by atoms with Crippen molar-refractivity contribution in [2.45, 2.75) is 18.5 Å². The molecule has 0 amide bonds. The quantitative estimate of drug-likeness (QED) is 0.712. The molecule has 5 N–H and O–H groups in total. The molecular formula is C12H16N2O4. The van der Waals surface area contributed by atoms with Gasteiger partial charge in [0, 0.05) is 6.42 Å². The zero-order valence-electron chi connectivity index (χ0n) is 9.83. The van der Waals surface area contributed by atoms with Crippen molar-refractivity contribution in [2.75, 3.05) is 13.2 Å². The molecule has 2 rings (SSSR count). The molecule has 6 heteroatoms. The van der Waals surface area contributed by atoms with Crippen LogP contribution >= 0.6 is 0 Å². The Morgan fingerprint density at radius 3 is 2.56 bits per heavy atom. The Kier molecular flexibility index (Phi) is 3.69. The third kappa shape index (κ3) is 2.55. The van der Waals surface area contributed by atoms with Gasteiger partial charge in [0.1, 0.15) is 6.04 Å². The second-order valence-corrected chi connectivity index (χ2v) is 4.15. The van der Waals surface area contributed by atoms with E-state index in [2.05, 4.69) is 0 Å². The van der Waals surface area contributed by atoms with Crippen molar-refractivity contribution in [1.29, 1.82) is 0 Å². The second-order valence-electron chi connectivity index (χ2n) is 4.15. The van der Waals surface area contributed by atoms with Gasteiger partial charge in [-0.2, -0.15) is 0 Å². The minimum atomic E-state index is -1.14. The van der Waals surface area contributed by atoms with Crippen molar-refractivity contribution in [3.8, 4) is 11.5 Å². The predicted octanol–water partition coefficient (Wildman–Crippen LogP) is 0.260. The van der Waals surface area contributed by atoms with Crippen molar-refractivity contribution in [3.63, 3.8) is 0 Å². The number of carbonyl (C=O) groups is 1. The van der Waals surface area contributed by atoms with E-state index in [1.807, 2.05) is 0 Å². The summed E-state index contributed by atoms with van der Waals surface area (Å²) in [7, 11) is 0. The summed E-state index contributed by atoms with van der Waals surface area (Å²) in [6.07, 6.45) is 0.810. The Bertz CT molecular complexity index is 450. The Morgan fingerprint density at radius 1 is 1.22 bits per heavy atom. The van der Waals surface area contributed by atoms with Crippen LogP contribution in [0.5, 0.6) is 11.5 Å². The number of benzene rings is 1. The Hall–Kier alpha value is -1.79. The molecule has 2 unspecified atom stereocenters. The summed E-state index contributed by atoms with van der Waals surface area (Å²) in [4.78, 5) is 10.8. The monoisotopic (exact) mass is 252 g/mol. The van der Waals surface area contributed by atoms with Crippen molar-refractivity contribution in [2.24, 2.45) is 11.5 Å². The van der Waals surface area contributed by atoms with E-state index >= 15 is 0 Å². The van der Waals surface area contributed by atoms with Gasteiger partial charge in [-0.3, -0.25) is 4.79 Å². The van der Waals surface area contributed by atoms with Gasteiger partial charge in [0.2, 0.25) is 0 Å². The molecule has 0 saturated heterocycles. The minimum Gasteiger partial charge on any atom is -0.490 e. The first-order valence-corrected chi connectivity index (χ1v) is 5.73. The molecule has 6 nitrogen and oxygen atoms in total. The summed E-state index contributed by atoms with van der Waals surface area (Å²) in [5.41, 5.74) is 11.9. The van der Waals surface area contributed by atoms with Gasteiger partial charge in [0.05, 0.1) is 19.3 Å². The molecule has 1 aliphatic heterocycles. The first kappa shape index (κ1) is 12.7. The van der Waals surface area contributed by atoms with Crippen LogP contribution in [0.3, 0.4) is 0 Å². The van der Waals surface area contributed by atoms with Crippen LogP contribution in [0.25, 0.3) is 0 Å². The van der Waals surface area contributed by atoms with Gasteiger partial charge in [0.25, 0.3) is 0 Å². The van der Waals surface area contributed by atoms with Crippen molar-refractivity contribution < 1.29 is 19.4 Å². The van der Waals surface area contributed by atoms with Gasteiger partial charge in [-0.05, 0) is 17.7 Å². The molecule has 0 bridgehead atoms. The predicted molar refractivity (Wildman–Crippen MR) is 64.6 cm³/mol. The van der Waals surface area contributed by atoms with Crippen LogP contribution in [0.4, 0.5) is 0 Å². The van der Waals surface area contributed by atoms with Crippen LogP contribution in [-0.4, -0.2) is 30.3 Å². The van der Waals surface area contributed by atoms with Crippen molar-refractivity contribution >= 4 is 5.97 Å². The lowest BCUT2D eigenvalue weighted by Gasteiger charge is -2.17. The summed E-state index contributed by atoms with van der Waals surface area (Å²) in [6.45, 7) is 1.17. The van der Waals surface area contributed by atoms with E-state index in [1.165, 1.54) is 0 Å². The highest BCUT2D eigenvalue weighted by Crippen LogP contribution is 2.32.